The first kappa shape index (κ1) is 14.6. The Morgan fingerprint density at radius 2 is 2.35 bits per heavy atom. The number of rotatable bonds is 7. The van der Waals surface area contributed by atoms with Crippen molar-refractivity contribution in [3.8, 4) is 0 Å². The third-order valence-corrected chi connectivity index (χ3v) is 4.32. The second-order valence-corrected chi connectivity index (χ2v) is 5.81. The molecule has 0 bridgehead atoms. The standard InChI is InChI=1S/C9H16BrN3O3S/c1-3-8-11-5-9(12-8)17(14,15)13-7(4-10)6-16-2/h5,7,13H,3-4,6H2,1-2H3,(H,11,12). The van der Waals surface area contributed by atoms with Crippen LogP contribution in [0.15, 0.2) is 11.2 Å². The zero-order chi connectivity index (χ0) is 12.9. The van der Waals surface area contributed by atoms with Gasteiger partial charge in [-0.1, -0.05) is 22.9 Å². The van der Waals surface area contributed by atoms with E-state index in [4.69, 9.17) is 4.74 Å². The number of methoxy groups -OCH3 is 1. The fraction of sp³-hybridized carbons (Fsp3) is 0.667. The van der Waals surface area contributed by atoms with Gasteiger partial charge in [0.15, 0.2) is 5.03 Å². The molecule has 1 atom stereocenters. The monoisotopic (exact) mass is 325 g/mol. The number of aromatic amines is 1. The maximum absolute atomic E-state index is 11.9. The van der Waals surface area contributed by atoms with Crippen LogP contribution in [0.25, 0.3) is 0 Å². The van der Waals surface area contributed by atoms with Gasteiger partial charge < -0.3 is 9.72 Å². The first-order valence-electron chi connectivity index (χ1n) is 5.14. The van der Waals surface area contributed by atoms with E-state index in [-0.39, 0.29) is 11.1 Å². The highest BCUT2D eigenvalue weighted by atomic mass is 79.9. The number of sulfonamides is 1. The van der Waals surface area contributed by atoms with Gasteiger partial charge in [0.05, 0.1) is 18.8 Å². The van der Waals surface area contributed by atoms with E-state index in [1.54, 1.807) is 0 Å². The number of ether oxygens (including phenoxy) is 1. The van der Waals surface area contributed by atoms with Crippen LogP contribution in [0.2, 0.25) is 0 Å². The summed E-state index contributed by atoms with van der Waals surface area (Å²) in [6.07, 6.45) is 1.98. The van der Waals surface area contributed by atoms with Crippen LogP contribution < -0.4 is 4.72 Å². The average molecular weight is 326 g/mol. The SMILES string of the molecule is CCc1ncc(S(=O)(=O)NC(CBr)COC)[nH]1. The van der Waals surface area contributed by atoms with E-state index in [0.717, 1.165) is 0 Å². The molecule has 0 aliphatic heterocycles. The van der Waals surface area contributed by atoms with Gasteiger partial charge >= 0.3 is 0 Å². The topological polar surface area (TPSA) is 84.1 Å². The van der Waals surface area contributed by atoms with Gasteiger partial charge in [-0.15, -0.1) is 0 Å². The Morgan fingerprint density at radius 3 is 2.82 bits per heavy atom. The second-order valence-electron chi connectivity index (χ2n) is 3.48. The van der Waals surface area contributed by atoms with Gasteiger partial charge in [-0.25, -0.2) is 18.1 Å². The maximum Gasteiger partial charge on any atom is 0.257 e. The lowest BCUT2D eigenvalue weighted by Crippen LogP contribution is -2.39. The molecule has 0 amide bonds. The molecule has 0 radical (unpaired) electrons. The van der Waals surface area contributed by atoms with Crippen molar-refractivity contribution < 1.29 is 13.2 Å². The first-order valence-corrected chi connectivity index (χ1v) is 7.75. The molecule has 0 saturated carbocycles. The average Bonchev–Trinajstić information content (AvgIpc) is 2.77. The van der Waals surface area contributed by atoms with Gasteiger partial charge in [-0.3, -0.25) is 0 Å². The Hall–Kier alpha value is -0.440. The van der Waals surface area contributed by atoms with Crippen molar-refractivity contribution in [1.82, 2.24) is 14.7 Å². The first-order chi connectivity index (χ1) is 8.03. The largest absolute Gasteiger partial charge is 0.383 e. The molecule has 0 fully saturated rings. The van der Waals surface area contributed by atoms with E-state index in [9.17, 15) is 8.42 Å². The van der Waals surface area contributed by atoms with Crippen LogP contribution in [0.4, 0.5) is 0 Å². The molecule has 1 rings (SSSR count). The van der Waals surface area contributed by atoms with E-state index in [2.05, 4.69) is 30.6 Å². The summed E-state index contributed by atoms with van der Waals surface area (Å²) in [5.41, 5.74) is 0. The number of imidazole rings is 1. The number of aromatic nitrogens is 2. The summed E-state index contributed by atoms with van der Waals surface area (Å²) >= 11 is 3.23. The molecule has 6 nitrogen and oxygen atoms in total. The third kappa shape index (κ3) is 4.06. The van der Waals surface area contributed by atoms with Gasteiger partial charge in [0.2, 0.25) is 0 Å². The minimum atomic E-state index is -3.56. The van der Waals surface area contributed by atoms with Crippen molar-refractivity contribution in [2.75, 3.05) is 19.0 Å². The summed E-state index contributed by atoms with van der Waals surface area (Å²) in [4.78, 5) is 6.72. The van der Waals surface area contributed by atoms with E-state index in [1.165, 1.54) is 13.3 Å². The number of hydrogen-bond acceptors (Lipinski definition) is 4. The number of alkyl halides is 1. The molecule has 1 aromatic heterocycles. The molecule has 1 unspecified atom stereocenters. The quantitative estimate of drug-likeness (QED) is 0.721. The lowest BCUT2D eigenvalue weighted by atomic mass is 10.4. The minimum absolute atomic E-state index is 0.0800. The van der Waals surface area contributed by atoms with Crippen molar-refractivity contribution in [1.29, 1.82) is 0 Å². The van der Waals surface area contributed by atoms with Crippen molar-refractivity contribution in [2.24, 2.45) is 0 Å². The fourth-order valence-electron chi connectivity index (χ4n) is 1.25. The Morgan fingerprint density at radius 1 is 1.65 bits per heavy atom. The van der Waals surface area contributed by atoms with E-state index >= 15 is 0 Å². The smallest absolute Gasteiger partial charge is 0.257 e. The number of nitrogens with zero attached hydrogens (tertiary/aromatic N) is 1. The number of hydrogen-bond donors (Lipinski definition) is 2. The van der Waals surface area contributed by atoms with Crippen LogP contribution in [0.3, 0.4) is 0 Å². The molecule has 0 aliphatic rings. The summed E-state index contributed by atoms with van der Waals surface area (Å²) in [5.74, 6) is 0.646. The molecule has 17 heavy (non-hydrogen) atoms. The van der Waals surface area contributed by atoms with Crippen LogP contribution in [-0.4, -0.2) is 43.5 Å². The van der Waals surface area contributed by atoms with Crippen molar-refractivity contribution in [3.05, 3.63) is 12.0 Å². The lowest BCUT2D eigenvalue weighted by molar-refractivity contribution is 0.182. The Bertz CT molecular complexity index is 446. The van der Waals surface area contributed by atoms with Crippen LogP contribution in [-0.2, 0) is 21.2 Å². The second kappa shape index (κ2) is 6.48. The molecule has 0 aromatic carbocycles. The summed E-state index contributed by atoms with van der Waals surface area (Å²) in [6, 6.07) is -0.307. The Balaban J connectivity index is 2.80. The fourth-order valence-corrected chi connectivity index (χ4v) is 2.98. The molecule has 0 saturated heterocycles. The van der Waals surface area contributed by atoms with Crippen LogP contribution in [0, 0.1) is 0 Å². The number of aryl methyl sites for hydroxylation is 1. The summed E-state index contributed by atoms with van der Waals surface area (Å²) in [5, 5.41) is 0.561. The predicted octanol–water partition coefficient (Wildman–Crippen LogP) is 0.660. The van der Waals surface area contributed by atoms with Gasteiger partial charge in [-0.2, -0.15) is 0 Å². The molecule has 1 aromatic rings. The van der Waals surface area contributed by atoms with Gasteiger partial charge in [0.25, 0.3) is 10.0 Å². The predicted molar refractivity (Wildman–Crippen MR) is 67.7 cm³/mol. The lowest BCUT2D eigenvalue weighted by Gasteiger charge is -2.14. The van der Waals surface area contributed by atoms with Crippen molar-refractivity contribution in [2.45, 2.75) is 24.4 Å². The van der Waals surface area contributed by atoms with Gasteiger partial charge in [-0.05, 0) is 0 Å². The van der Waals surface area contributed by atoms with Crippen LogP contribution >= 0.6 is 15.9 Å². The Labute approximate surface area is 109 Å². The molecule has 8 heteroatoms. The number of nitrogens with one attached hydrogen (secondary N) is 2. The third-order valence-electron chi connectivity index (χ3n) is 2.11. The van der Waals surface area contributed by atoms with E-state index < -0.39 is 10.0 Å². The van der Waals surface area contributed by atoms with E-state index in [1.807, 2.05) is 6.92 Å². The highest BCUT2D eigenvalue weighted by molar-refractivity contribution is 9.09. The highest BCUT2D eigenvalue weighted by Gasteiger charge is 2.21. The normalized spacial score (nSPS) is 13.8. The zero-order valence-electron chi connectivity index (χ0n) is 9.73. The van der Waals surface area contributed by atoms with Crippen molar-refractivity contribution >= 4 is 26.0 Å². The van der Waals surface area contributed by atoms with E-state index in [0.29, 0.717) is 24.2 Å². The number of H-pyrrole nitrogens is 1. The summed E-state index contributed by atoms with van der Waals surface area (Å²) in [7, 11) is -2.04. The van der Waals surface area contributed by atoms with Crippen LogP contribution in [0.5, 0.6) is 0 Å². The zero-order valence-corrected chi connectivity index (χ0v) is 12.1. The molecule has 2 N–H and O–H groups in total. The summed E-state index contributed by atoms with van der Waals surface area (Å²) in [6.45, 7) is 2.20. The molecular formula is C9H16BrN3O3S. The van der Waals surface area contributed by atoms with Gasteiger partial charge in [0.1, 0.15) is 5.82 Å². The molecule has 0 aliphatic carbocycles. The molecule has 1 heterocycles. The Kier molecular flexibility index (Phi) is 5.57. The minimum Gasteiger partial charge on any atom is -0.383 e. The highest BCUT2D eigenvalue weighted by Crippen LogP contribution is 2.07. The van der Waals surface area contributed by atoms with Crippen molar-refractivity contribution in [3.63, 3.8) is 0 Å². The molecular weight excluding hydrogens is 310 g/mol. The maximum atomic E-state index is 11.9. The van der Waals surface area contributed by atoms with Gasteiger partial charge in [0, 0.05) is 18.9 Å². The molecule has 98 valence electrons. The summed E-state index contributed by atoms with van der Waals surface area (Å²) < 4.78 is 31.3. The van der Waals surface area contributed by atoms with Crippen LogP contribution in [0.1, 0.15) is 12.7 Å². The number of halogens is 1. The molecule has 0 spiro atoms.